The van der Waals surface area contributed by atoms with E-state index in [1.807, 2.05) is 20.8 Å². The summed E-state index contributed by atoms with van der Waals surface area (Å²) in [6.07, 6.45) is -4.34. The molecule has 0 aromatic carbocycles. The van der Waals surface area contributed by atoms with Crippen molar-refractivity contribution in [2.75, 3.05) is 26.3 Å². The SMILES string of the molecule is CC(C)(C)OC(=O)N1C[C@H](S)C[C@H]1CO.O=CC(F)(F)F.OC[C@@H]1C[C@@H](S)CN1. The number of aldehydes is 1. The van der Waals surface area contributed by atoms with Crippen molar-refractivity contribution in [2.45, 2.75) is 68.0 Å². The molecule has 1 amide bonds. The number of nitrogens with one attached hydrogen (secondary N) is 1. The van der Waals surface area contributed by atoms with Gasteiger partial charge in [-0.3, -0.25) is 4.79 Å². The summed E-state index contributed by atoms with van der Waals surface area (Å²) in [7, 11) is 0. The number of alkyl halides is 3. The van der Waals surface area contributed by atoms with Gasteiger partial charge in [0, 0.05) is 29.6 Å². The van der Waals surface area contributed by atoms with Crippen LogP contribution in [0, 0.1) is 0 Å². The molecule has 2 aliphatic heterocycles. The van der Waals surface area contributed by atoms with E-state index in [9.17, 15) is 18.0 Å². The van der Waals surface area contributed by atoms with Gasteiger partial charge in [-0.2, -0.15) is 38.4 Å². The predicted octanol–water partition coefficient (Wildman–Crippen LogP) is 1.67. The molecule has 29 heavy (non-hydrogen) atoms. The first-order valence-electron chi connectivity index (χ1n) is 9.06. The molecule has 3 N–H and O–H groups in total. The molecule has 2 aliphatic rings. The van der Waals surface area contributed by atoms with Gasteiger partial charge in [0.15, 0.2) is 0 Å². The van der Waals surface area contributed by atoms with Crippen molar-refractivity contribution in [1.82, 2.24) is 10.2 Å². The van der Waals surface area contributed by atoms with Gasteiger partial charge in [-0.25, -0.2) is 4.79 Å². The van der Waals surface area contributed by atoms with Gasteiger partial charge in [-0.1, -0.05) is 0 Å². The molecule has 172 valence electrons. The smallest absolute Gasteiger partial charge is 0.444 e. The van der Waals surface area contributed by atoms with Crippen molar-refractivity contribution in [3.05, 3.63) is 0 Å². The third-order valence-electron chi connectivity index (χ3n) is 3.78. The largest absolute Gasteiger partial charge is 0.446 e. The van der Waals surface area contributed by atoms with Crippen LogP contribution in [0.2, 0.25) is 0 Å². The van der Waals surface area contributed by atoms with E-state index in [0.717, 1.165) is 19.4 Å². The van der Waals surface area contributed by atoms with Gasteiger partial charge >= 0.3 is 12.3 Å². The van der Waals surface area contributed by atoms with Gasteiger partial charge in [-0.15, -0.1) is 0 Å². The number of hydrogen-bond donors (Lipinski definition) is 5. The second kappa shape index (κ2) is 12.9. The van der Waals surface area contributed by atoms with E-state index < -0.39 is 18.1 Å². The fourth-order valence-corrected chi connectivity index (χ4v) is 3.33. The minimum absolute atomic E-state index is 0.0314. The summed E-state index contributed by atoms with van der Waals surface area (Å²) in [6.45, 7) is 7.18. The Morgan fingerprint density at radius 2 is 1.72 bits per heavy atom. The van der Waals surface area contributed by atoms with Crippen molar-refractivity contribution >= 4 is 37.6 Å². The van der Waals surface area contributed by atoms with Crippen LogP contribution in [-0.2, 0) is 9.53 Å². The third-order valence-corrected chi connectivity index (χ3v) is 4.55. The van der Waals surface area contributed by atoms with Crippen LogP contribution in [0.4, 0.5) is 18.0 Å². The van der Waals surface area contributed by atoms with Gasteiger partial charge in [0.25, 0.3) is 0 Å². The van der Waals surface area contributed by atoms with Crippen LogP contribution in [0.3, 0.4) is 0 Å². The minimum Gasteiger partial charge on any atom is -0.444 e. The number of aliphatic hydroxyl groups is 2. The van der Waals surface area contributed by atoms with Gasteiger partial charge in [0.2, 0.25) is 6.29 Å². The molecule has 7 nitrogen and oxygen atoms in total. The summed E-state index contributed by atoms with van der Waals surface area (Å²) in [5.41, 5.74) is -0.494. The number of carbonyl (C=O) groups is 2. The lowest BCUT2D eigenvalue weighted by molar-refractivity contribution is -0.156. The molecule has 2 saturated heterocycles. The highest BCUT2D eigenvalue weighted by atomic mass is 32.1. The molecule has 0 aliphatic carbocycles. The first kappa shape index (κ1) is 28.3. The maximum Gasteiger partial charge on any atom is 0.446 e. The van der Waals surface area contributed by atoms with Crippen molar-refractivity contribution < 1.29 is 37.7 Å². The Morgan fingerprint density at radius 1 is 1.17 bits per heavy atom. The molecule has 0 aromatic rings. The molecule has 4 atom stereocenters. The van der Waals surface area contributed by atoms with Crippen LogP contribution < -0.4 is 5.32 Å². The molecule has 0 bridgehead atoms. The van der Waals surface area contributed by atoms with Crippen molar-refractivity contribution in [1.29, 1.82) is 0 Å². The zero-order valence-electron chi connectivity index (χ0n) is 16.7. The summed E-state index contributed by atoms with van der Waals surface area (Å²) in [4.78, 5) is 22.0. The Morgan fingerprint density at radius 3 is 2.03 bits per heavy atom. The molecule has 2 rings (SSSR count). The Hall–Kier alpha value is -0.690. The number of aliphatic hydroxyl groups excluding tert-OH is 2. The molecule has 12 heteroatoms. The van der Waals surface area contributed by atoms with Gasteiger partial charge in [0.05, 0.1) is 19.3 Å². The minimum atomic E-state index is -4.64. The third kappa shape index (κ3) is 13.3. The Labute approximate surface area is 180 Å². The van der Waals surface area contributed by atoms with Gasteiger partial charge in [0.1, 0.15) is 5.60 Å². The van der Waals surface area contributed by atoms with Crippen molar-refractivity contribution in [2.24, 2.45) is 0 Å². The van der Waals surface area contributed by atoms with Crippen LogP contribution >= 0.6 is 25.3 Å². The van der Waals surface area contributed by atoms with Gasteiger partial charge < -0.3 is 25.2 Å². The average Bonchev–Trinajstić information content (AvgIpc) is 3.19. The standard InChI is InChI=1S/C10H19NO3S.C5H11NOS.C2HF3O/c1-10(2,3)14-9(13)11-5-8(15)4-7(11)6-12;7-3-4-1-5(8)2-6-4;3-2(4,5)1-6/h7-8,12,15H,4-6H2,1-3H3;4-8H,1-3H2;1H/t7-,8+;4-,5+;/m00./s1. The first-order valence-corrected chi connectivity index (χ1v) is 10.1. The number of thiol groups is 2. The molecule has 0 radical (unpaired) electrons. The maximum absolute atomic E-state index is 11.7. The van der Waals surface area contributed by atoms with Crippen molar-refractivity contribution in [3.8, 4) is 0 Å². The summed E-state index contributed by atoms with van der Waals surface area (Å²) >= 11 is 8.54. The number of carbonyl (C=O) groups excluding carboxylic acids is 2. The zero-order chi connectivity index (χ0) is 22.8. The van der Waals surface area contributed by atoms with Crippen molar-refractivity contribution in [3.63, 3.8) is 0 Å². The number of nitrogens with zero attached hydrogens (tertiary/aromatic N) is 1. The molecule has 2 heterocycles. The molecule has 0 saturated carbocycles. The van der Waals surface area contributed by atoms with Crippen LogP contribution in [0.1, 0.15) is 33.6 Å². The van der Waals surface area contributed by atoms with E-state index in [1.54, 1.807) is 4.90 Å². The Balaban J connectivity index is 0.000000468. The second-order valence-corrected chi connectivity index (χ2v) is 9.16. The topological polar surface area (TPSA) is 99.1 Å². The number of likely N-dealkylation sites (tertiary alicyclic amines) is 1. The average molecular weight is 465 g/mol. The maximum atomic E-state index is 11.7. The highest BCUT2D eigenvalue weighted by Crippen LogP contribution is 2.23. The van der Waals surface area contributed by atoms with Crippen LogP contribution in [0.5, 0.6) is 0 Å². The number of halogens is 3. The lowest BCUT2D eigenvalue weighted by atomic mass is 10.2. The highest BCUT2D eigenvalue weighted by molar-refractivity contribution is 7.81. The number of ether oxygens (including phenoxy) is 1. The van der Waals surface area contributed by atoms with E-state index in [0.29, 0.717) is 17.8 Å². The normalized spacial score (nSPS) is 26.8. The first-order chi connectivity index (χ1) is 13.2. The lowest BCUT2D eigenvalue weighted by Crippen LogP contribution is -2.41. The van der Waals surface area contributed by atoms with E-state index in [2.05, 4.69) is 30.6 Å². The lowest BCUT2D eigenvalue weighted by Gasteiger charge is -2.27. The summed E-state index contributed by atoms with van der Waals surface area (Å²) < 4.78 is 36.5. The molecule has 0 aromatic heterocycles. The van der Waals surface area contributed by atoms with E-state index in [1.165, 1.54) is 0 Å². The fourth-order valence-electron chi connectivity index (χ4n) is 2.55. The molecular formula is C17H31F3N2O5S2. The quantitative estimate of drug-likeness (QED) is 0.315. The van der Waals surface area contributed by atoms with E-state index >= 15 is 0 Å². The van der Waals surface area contributed by atoms with Crippen LogP contribution in [0.15, 0.2) is 0 Å². The molecule has 0 spiro atoms. The zero-order valence-corrected chi connectivity index (χ0v) is 18.5. The Bertz CT molecular complexity index is 506. The number of hydrogen-bond acceptors (Lipinski definition) is 8. The number of rotatable bonds is 2. The Kier molecular flexibility index (Phi) is 12.6. The van der Waals surface area contributed by atoms with Gasteiger partial charge in [-0.05, 0) is 33.6 Å². The van der Waals surface area contributed by atoms with E-state index in [4.69, 9.17) is 19.7 Å². The van der Waals surface area contributed by atoms with Crippen LogP contribution in [-0.4, -0.2) is 88.2 Å². The molecule has 2 fully saturated rings. The molecular weight excluding hydrogens is 433 g/mol. The summed E-state index contributed by atoms with van der Waals surface area (Å²) in [5, 5.41) is 21.4. The summed E-state index contributed by atoms with van der Waals surface area (Å²) in [6, 6.07) is 0.153. The monoisotopic (exact) mass is 464 g/mol. The van der Waals surface area contributed by atoms with Crippen LogP contribution in [0.25, 0.3) is 0 Å². The second-order valence-electron chi connectivity index (χ2n) is 7.70. The predicted molar refractivity (Wildman–Crippen MR) is 110 cm³/mol. The number of amides is 1. The fraction of sp³-hybridized carbons (Fsp3) is 0.882. The molecule has 0 unspecified atom stereocenters. The summed E-state index contributed by atoms with van der Waals surface area (Å²) in [5.74, 6) is 0. The van der Waals surface area contributed by atoms with E-state index in [-0.39, 0.29) is 30.6 Å². The highest BCUT2D eigenvalue weighted by Gasteiger charge is 2.35.